The number of primary amides is 1. The smallest absolute Gasteiger partial charge is 0.271 e. The van der Waals surface area contributed by atoms with Crippen LogP contribution in [0.4, 0.5) is 11.5 Å². The maximum absolute atomic E-state index is 12.0. The summed E-state index contributed by atoms with van der Waals surface area (Å²) in [5.74, 6) is 0.134. The summed E-state index contributed by atoms with van der Waals surface area (Å²) in [5, 5.41) is 8.88. The Morgan fingerprint density at radius 2 is 1.90 bits per heavy atom. The molecule has 1 aromatic carbocycles. The van der Waals surface area contributed by atoms with Crippen LogP contribution in [0.3, 0.4) is 0 Å². The molecule has 0 bridgehead atoms. The van der Waals surface area contributed by atoms with Crippen molar-refractivity contribution in [3.05, 3.63) is 46.9 Å². The lowest BCUT2D eigenvalue weighted by atomic mass is 10.0. The average Bonchev–Trinajstić information content (AvgIpc) is 2.68. The first-order valence-electron chi connectivity index (χ1n) is 10.3. The van der Waals surface area contributed by atoms with Crippen molar-refractivity contribution in [2.24, 2.45) is 11.7 Å². The number of anilines is 2. The summed E-state index contributed by atoms with van der Waals surface area (Å²) in [5.41, 5.74) is 9.22. The molecule has 31 heavy (non-hydrogen) atoms. The van der Waals surface area contributed by atoms with Crippen LogP contribution < -0.4 is 21.7 Å². The van der Waals surface area contributed by atoms with Gasteiger partial charge in [-0.25, -0.2) is 9.97 Å². The topological polar surface area (TPSA) is 122 Å². The molecule has 1 aromatic heterocycles. The molecule has 8 nitrogen and oxygen atoms in total. The third kappa shape index (κ3) is 8.15. The Labute approximate surface area is 190 Å². The second-order valence-electron chi connectivity index (χ2n) is 7.59. The minimum atomic E-state index is -0.612. The predicted octanol–water partition coefficient (Wildman–Crippen LogP) is 2.38. The van der Waals surface area contributed by atoms with Crippen molar-refractivity contribution in [3.63, 3.8) is 0 Å². The molecule has 2 amide bonds. The number of aromatic nitrogens is 2. The maximum Gasteiger partial charge on any atom is 0.271 e. The summed E-state index contributed by atoms with van der Waals surface area (Å²) < 4.78 is 0. The highest BCUT2D eigenvalue weighted by atomic mass is 35.5. The first-order chi connectivity index (χ1) is 14.3. The molecule has 0 saturated heterocycles. The molecule has 0 aliphatic heterocycles. The van der Waals surface area contributed by atoms with Crippen LogP contribution in [0.2, 0.25) is 0 Å². The molecule has 9 heteroatoms. The van der Waals surface area contributed by atoms with Gasteiger partial charge >= 0.3 is 0 Å². The van der Waals surface area contributed by atoms with Gasteiger partial charge in [0.2, 0.25) is 5.91 Å². The Bertz CT molecular complexity index is 888. The van der Waals surface area contributed by atoms with Crippen molar-refractivity contribution >= 4 is 35.7 Å². The molecule has 1 heterocycles. The molecule has 0 aliphatic rings. The number of amides is 2. The average molecular weight is 449 g/mol. The van der Waals surface area contributed by atoms with E-state index in [-0.39, 0.29) is 24.0 Å². The van der Waals surface area contributed by atoms with Crippen LogP contribution >= 0.6 is 12.4 Å². The van der Waals surface area contributed by atoms with Crippen LogP contribution in [-0.2, 0) is 24.1 Å². The van der Waals surface area contributed by atoms with Crippen LogP contribution in [0, 0.1) is 5.92 Å². The number of carbonyl (C=O) groups excluding carboxylic acids is 2. The maximum atomic E-state index is 12.0. The van der Waals surface area contributed by atoms with Crippen molar-refractivity contribution < 1.29 is 9.59 Å². The van der Waals surface area contributed by atoms with E-state index in [9.17, 15) is 9.59 Å². The highest BCUT2D eigenvalue weighted by Gasteiger charge is 2.18. The molecule has 5 N–H and O–H groups in total. The lowest BCUT2D eigenvalue weighted by molar-refractivity contribution is -0.120. The predicted molar refractivity (Wildman–Crippen MR) is 126 cm³/mol. The Morgan fingerprint density at radius 3 is 2.52 bits per heavy atom. The third-order valence-electron chi connectivity index (χ3n) is 4.48. The number of carbonyl (C=O) groups is 2. The van der Waals surface area contributed by atoms with Gasteiger partial charge in [0.25, 0.3) is 5.91 Å². The first kappa shape index (κ1) is 26.3. The zero-order valence-electron chi connectivity index (χ0n) is 18.6. The Morgan fingerprint density at radius 1 is 1.16 bits per heavy atom. The van der Waals surface area contributed by atoms with Gasteiger partial charge in [-0.05, 0) is 49.9 Å². The fourth-order valence-electron chi connectivity index (χ4n) is 3.11. The minimum Gasteiger partial charge on any atom is -0.364 e. The van der Waals surface area contributed by atoms with Gasteiger partial charge in [-0.15, -0.1) is 12.4 Å². The van der Waals surface area contributed by atoms with E-state index < -0.39 is 5.91 Å². The van der Waals surface area contributed by atoms with E-state index in [2.05, 4.69) is 34.8 Å². The zero-order chi connectivity index (χ0) is 22.1. The largest absolute Gasteiger partial charge is 0.364 e. The van der Waals surface area contributed by atoms with E-state index in [1.165, 1.54) is 0 Å². The summed E-state index contributed by atoms with van der Waals surface area (Å²) in [6.07, 6.45) is 2.15. The van der Waals surface area contributed by atoms with Gasteiger partial charge in [-0.3, -0.25) is 9.59 Å². The van der Waals surface area contributed by atoms with Gasteiger partial charge in [0.15, 0.2) is 11.5 Å². The molecule has 0 radical (unpaired) electrons. The number of likely N-dealkylation sites (N-methyl/N-ethyl adjacent to an activating group) is 1. The Kier molecular flexibility index (Phi) is 10.9. The van der Waals surface area contributed by atoms with Gasteiger partial charge in [0, 0.05) is 12.2 Å². The summed E-state index contributed by atoms with van der Waals surface area (Å²) in [6, 6.07) is 7.76. The summed E-state index contributed by atoms with van der Waals surface area (Å²) in [4.78, 5) is 32.7. The third-order valence-corrected chi connectivity index (χ3v) is 4.48. The molecule has 2 aromatic rings. The fraction of sp³-hybridized carbons (Fsp3) is 0.455. The highest BCUT2D eigenvalue weighted by Crippen LogP contribution is 2.22. The molecule has 0 fully saturated rings. The van der Waals surface area contributed by atoms with Crippen molar-refractivity contribution in [1.82, 2.24) is 20.6 Å². The summed E-state index contributed by atoms with van der Waals surface area (Å²) >= 11 is 0. The van der Waals surface area contributed by atoms with Crippen molar-refractivity contribution in [1.29, 1.82) is 0 Å². The molecule has 2 rings (SSSR count). The van der Waals surface area contributed by atoms with Gasteiger partial charge in [0.1, 0.15) is 0 Å². The number of nitrogens with one attached hydrogen (secondary N) is 3. The number of hydrogen-bond acceptors (Lipinski definition) is 6. The Hall–Kier alpha value is -2.71. The number of nitrogens with two attached hydrogens (primary N) is 1. The zero-order valence-corrected chi connectivity index (χ0v) is 19.4. The van der Waals surface area contributed by atoms with Crippen LogP contribution in [0.15, 0.2) is 24.3 Å². The van der Waals surface area contributed by atoms with Crippen molar-refractivity contribution in [3.8, 4) is 0 Å². The van der Waals surface area contributed by atoms with E-state index >= 15 is 0 Å². The molecule has 170 valence electrons. The number of aryl methyl sites for hydroxylation is 1. The lowest BCUT2D eigenvalue weighted by Crippen LogP contribution is -2.33. The van der Waals surface area contributed by atoms with Crippen molar-refractivity contribution in [2.75, 3.05) is 25.5 Å². The monoisotopic (exact) mass is 448 g/mol. The molecule has 0 unspecified atom stereocenters. The molecular weight excluding hydrogens is 416 g/mol. The summed E-state index contributed by atoms with van der Waals surface area (Å²) in [6.45, 7) is 7.07. The molecule has 0 saturated carbocycles. The molecule has 0 spiro atoms. The minimum absolute atomic E-state index is 0. The van der Waals surface area contributed by atoms with Gasteiger partial charge < -0.3 is 21.7 Å². The fourth-order valence-corrected chi connectivity index (χ4v) is 3.11. The SMILES string of the molecule is CCc1nc(C(N)=O)c(Nc2cccc(CCNC(=O)CNC)c2)nc1CC(C)C.Cl. The van der Waals surface area contributed by atoms with E-state index in [1.54, 1.807) is 7.05 Å². The highest BCUT2D eigenvalue weighted by molar-refractivity contribution is 5.96. The quantitative estimate of drug-likeness (QED) is 0.418. The van der Waals surface area contributed by atoms with Gasteiger partial charge in [-0.2, -0.15) is 0 Å². The first-order valence-corrected chi connectivity index (χ1v) is 10.3. The molecule has 0 aliphatic carbocycles. The normalized spacial score (nSPS) is 10.5. The number of halogens is 1. The van der Waals surface area contributed by atoms with Crippen LogP contribution in [-0.4, -0.2) is 41.9 Å². The van der Waals surface area contributed by atoms with Crippen LogP contribution in [0.5, 0.6) is 0 Å². The van der Waals surface area contributed by atoms with Gasteiger partial charge in [0.05, 0.1) is 17.9 Å². The van der Waals surface area contributed by atoms with E-state index in [4.69, 9.17) is 10.7 Å². The number of rotatable bonds is 11. The summed E-state index contributed by atoms with van der Waals surface area (Å²) in [7, 11) is 1.73. The number of nitrogens with zero attached hydrogens (tertiary/aromatic N) is 2. The number of benzene rings is 1. The van der Waals surface area contributed by atoms with Gasteiger partial charge in [-0.1, -0.05) is 32.9 Å². The number of hydrogen-bond donors (Lipinski definition) is 4. The standard InChI is InChI=1S/C22H32N6O2.ClH/c1-5-17-18(11-14(2)3)28-22(20(27-17)21(23)30)26-16-8-6-7-15(12-16)9-10-25-19(29)13-24-4;/h6-8,12,14,24H,5,9-11,13H2,1-4H3,(H2,23,30)(H,25,29)(H,26,28);1H. The van der Waals surface area contributed by atoms with Crippen LogP contribution in [0.1, 0.15) is 48.2 Å². The van der Waals surface area contributed by atoms with Crippen molar-refractivity contribution in [2.45, 2.75) is 40.0 Å². The van der Waals surface area contributed by atoms with E-state index in [1.807, 2.05) is 31.2 Å². The van der Waals surface area contributed by atoms with Crippen LogP contribution in [0.25, 0.3) is 0 Å². The van der Waals surface area contributed by atoms with E-state index in [0.29, 0.717) is 37.7 Å². The molecule has 0 atom stereocenters. The lowest BCUT2D eigenvalue weighted by Gasteiger charge is -2.15. The Balaban J connectivity index is 0.00000480. The second-order valence-corrected chi connectivity index (χ2v) is 7.59. The van der Waals surface area contributed by atoms with E-state index in [0.717, 1.165) is 29.1 Å². The molecular formula is C22H33ClN6O2. The second kappa shape index (κ2) is 12.9.